The summed E-state index contributed by atoms with van der Waals surface area (Å²) in [4.78, 5) is 37.2. The minimum absolute atomic E-state index is 0.0847. The van der Waals surface area contributed by atoms with Gasteiger partial charge in [-0.3, -0.25) is 10.1 Å². The molecule has 0 unspecified atom stereocenters. The molecule has 10 nitrogen and oxygen atoms in total. The Bertz CT molecular complexity index is 1170. The number of non-ortho nitro benzene ring substituents is 1. The molecule has 1 aliphatic rings. The monoisotopic (exact) mass is 452 g/mol. The first kappa shape index (κ1) is 23.1. The van der Waals surface area contributed by atoms with Crippen molar-refractivity contribution in [3.05, 3.63) is 88.3 Å². The maximum atomic E-state index is 12.6. The number of benzene rings is 2. The summed E-state index contributed by atoms with van der Waals surface area (Å²) < 4.78 is 20.6. The van der Waals surface area contributed by atoms with E-state index in [2.05, 4.69) is 0 Å². The maximum Gasteiger partial charge on any atom is 0.355 e. The molecular formula is C23H20N2O8. The molecule has 0 N–H and O–H groups in total. The van der Waals surface area contributed by atoms with Crippen molar-refractivity contribution in [1.82, 2.24) is 0 Å². The maximum absolute atomic E-state index is 12.6. The average molecular weight is 452 g/mol. The summed E-state index contributed by atoms with van der Waals surface area (Å²) in [6.45, 7) is 0. The molecule has 0 fully saturated rings. The first-order chi connectivity index (χ1) is 15.9. The van der Waals surface area contributed by atoms with Crippen molar-refractivity contribution < 1.29 is 33.5 Å². The van der Waals surface area contributed by atoms with Crippen LogP contribution in [0.4, 0.5) is 11.4 Å². The fourth-order valence-electron chi connectivity index (χ4n) is 3.02. The molecule has 0 spiro atoms. The minimum atomic E-state index is -0.837. The number of anilines is 1. The van der Waals surface area contributed by atoms with Gasteiger partial charge in [-0.15, -0.1) is 0 Å². The Morgan fingerprint density at radius 1 is 0.879 bits per heavy atom. The van der Waals surface area contributed by atoms with Crippen LogP contribution in [0.3, 0.4) is 0 Å². The highest BCUT2D eigenvalue weighted by atomic mass is 16.6. The molecule has 0 aromatic heterocycles. The van der Waals surface area contributed by atoms with Crippen molar-refractivity contribution in [2.24, 2.45) is 0 Å². The number of nitrogens with zero attached hydrogens (tertiary/aromatic N) is 2. The minimum Gasteiger partial charge on any atom is -0.497 e. The van der Waals surface area contributed by atoms with Crippen LogP contribution in [0.15, 0.2) is 78.2 Å². The lowest BCUT2D eigenvalue weighted by atomic mass is 10.1. The van der Waals surface area contributed by atoms with Crippen LogP contribution in [-0.4, -0.2) is 38.2 Å². The Labute approximate surface area is 189 Å². The van der Waals surface area contributed by atoms with Crippen molar-refractivity contribution >= 4 is 23.3 Å². The van der Waals surface area contributed by atoms with E-state index >= 15 is 0 Å². The zero-order valence-corrected chi connectivity index (χ0v) is 18.0. The molecule has 0 amide bonds. The lowest BCUT2D eigenvalue weighted by molar-refractivity contribution is -0.384. The smallest absolute Gasteiger partial charge is 0.355 e. The number of ether oxygens (including phenoxy) is 4. The molecule has 170 valence electrons. The quantitative estimate of drug-likeness (QED) is 0.350. The molecule has 0 atom stereocenters. The second-order valence-corrected chi connectivity index (χ2v) is 6.54. The van der Waals surface area contributed by atoms with Crippen LogP contribution in [-0.2, 0) is 19.1 Å². The lowest BCUT2D eigenvalue weighted by Gasteiger charge is -2.23. The van der Waals surface area contributed by atoms with Gasteiger partial charge in [0.1, 0.15) is 22.9 Å². The molecule has 0 saturated heterocycles. The molecule has 2 aromatic rings. The number of nitro benzene ring substituents is 1. The van der Waals surface area contributed by atoms with Gasteiger partial charge in [-0.1, -0.05) is 6.08 Å². The normalized spacial score (nSPS) is 12.8. The van der Waals surface area contributed by atoms with Crippen LogP contribution in [0.2, 0.25) is 0 Å². The zero-order chi connectivity index (χ0) is 24.0. The first-order valence-corrected chi connectivity index (χ1v) is 9.54. The van der Waals surface area contributed by atoms with Crippen LogP contribution in [0.25, 0.3) is 0 Å². The highest BCUT2D eigenvalue weighted by Crippen LogP contribution is 2.35. The largest absolute Gasteiger partial charge is 0.497 e. The predicted molar refractivity (Wildman–Crippen MR) is 118 cm³/mol. The van der Waals surface area contributed by atoms with Crippen LogP contribution < -0.4 is 14.4 Å². The summed E-state index contributed by atoms with van der Waals surface area (Å²) in [5.41, 5.74) is -0.358. The van der Waals surface area contributed by atoms with E-state index in [0.29, 0.717) is 11.5 Å². The van der Waals surface area contributed by atoms with Gasteiger partial charge in [0.2, 0.25) is 0 Å². The second kappa shape index (κ2) is 10.1. The Morgan fingerprint density at radius 2 is 1.55 bits per heavy atom. The molecule has 0 saturated carbocycles. The van der Waals surface area contributed by atoms with Crippen LogP contribution >= 0.6 is 0 Å². The molecule has 0 bridgehead atoms. The molecule has 3 rings (SSSR count). The van der Waals surface area contributed by atoms with E-state index in [0.717, 1.165) is 7.11 Å². The summed E-state index contributed by atoms with van der Waals surface area (Å²) in [5.74, 6) is -0.447. The van der Waals surface area contributed by atoms with Gasteiger partial charge in [0.15, 0.2) is 0 Å². The number of allylic oxidation sites excluding steroid dienone is 2. The van der Waals surface area contributed by atoms with Crippen LogP contribution in [0, 0.1) is 10.1 Å². The first-order valence-electron chi connectivity index (χ1n) is 9.54. The summed E-state index contributed by atoms with van der Waals surface area (Å²) in [5, 5.41) is 11.6. The summed E-state index contributed by atoms with van der Waals surface area (Å²) in [6, 6.07) is 10.6. The van der Waals surface area contributed by atoms with Crippen molar-refractivity contribution in [3.63, 3.8) is 0 Å². The fourth-order valence-corrected chi connectivity index (χ4v) is 3.02. The third kappa shape index (κ3) is 5.18. The molecule has 2 aromatic carbocycles. The molecular weight excluding hydrogens is 432 g/mol. The molecule has 10 heteroatoms. The Kier molecular flexibility index (Phi) is 7.09. The van der Waals surface area contributed by atoms with Gasteiger partial charge in [0.25, 0.3) is 5.69 Å². The van der Waals surface area contributed by atoms with E-state index in [4.69, 9.17) is 18.9 Å². The number of rotatable bonds is 7. The van der Waals surface area contributed by atoms with Gasteiger partial charge in [0, 0.05) is 18.3 Å². The third-order valence-corrected chi connectivity index (χ3v) is 4.55. The number of methoxy groups -OCH3 is 3. The predicted octanol–water partition coefficient (Wildman–Crippen LogP) is 3.89. The van der Waals surface area contributed by atoms with Gasteiger partial charge in [-0.2, -0.15) is 0 Å². The average Bonchev–Trinajstić information content (AvgIpc) is 3.06. The fraction of sp³-hybridized carbons (Fsp3) is 0.130. The summed E-state index contributed by atoms with van der Waals surface area (Å²) in [7, 11) is 3.86. The number of hydrogen-bond donors (Lipinski definition) is 0. The van der Waals surface area contributed by atoms with E-state index in [1.165, 1.54) is 55.7 Å². The molecule has 0 radical (unpaired) electrons. The Balaban J connectivity index is 2.13. The van der Waals surface area contributed by atoms with E-state index in [-0.39, 0.29) is 28.4 Å². The molecule has 1 aliphatic heterocycles. The molecule has 1 heterocycles. The van der Waals surface area contributed by atoms with Crippen molar-refractivity contribution in [1.29, 1.82) is 0 Å². The third-order valence-electron chi connectivity index (χ3n) is 4.55. The van der Waals surface area contributed by atoms with E-state index < -0.39 is 16.9 Å². The summed E-state index contributed by atoms with van der Waals surface area (Å²) in [6.07, 6.45) is 5.94. The topological polar surface area (TPSA) is 117 Å². The van der Waals surface area contributed by atoms with Crippen LogP contribution in [0.1, 0.15) is 0 Å². The highest BCUT2D eigenvalue weighted by Gasteiger charge is 2.28. The zero-order valence-electron chi connectivity index (χ0n) is 18.0. The van der Waals surface area contributed by atoms with Crippen molar-refractivity contribution in [2.45, 2.75) is 0 Å². The highest BCUT2D eigenvalue weighted by molar-refractivity contribution is 6.05. The van der Waals surface area contributed by atoms with Crippen molar-refractivity contribution in [3.8, 4) is 17.2 Å². The standard InChI is InChI=1S/C23H20N2O8/c1-30-17-7-9-18(10-8-17)33-19-13-15(12-16(14-19)25(28)29)24-11-5-4-6-20(22(26)31-2)21(24)23(27)32-3/h4-14H,1-3H3. The lowest BCUT2D eigenvalue weighted by Crippen LogP contribution is -2.27. The van der Waals surface area contributed by atoms with Crippen molar-refractivity contribution in [2.75, 3.05) is 26.2 Å². The number of carbonyl (C=O) groups excluding carboxylic acids is 2. The number of carbonyl (C=O) groups is 2. The van der Waals surface area contributed by atoms with Gasteiger partial charge in [-0.05, 0) is 36.4 Å². The van der Waals surface area contributed by atoms with Gasteiger partial charge in [-0.25, -0.2) is 9.59 Å². The Hall–Kier alpha value is -4.60. The Morgan fingerprint density at radius 3 is 2.15 bits per heavy atom. The number of hydrogen-bond acceptors (Lipinski definition) is 9. The summed E-state index contributed by atoms with van der Waals surface area (Å²) >= 11 is 0. The number of nitro groups is 1. The SMILES string of the molecule is COC(=O)C1=C(C(=O)OC)N(c2cc(Oc3ccc(OC)cc3)cc([N+](=O)[O-])c2)C=CC=C1. The number of esters is 2. The van der Waals surface area contributed by atoms with Gasteiger partial charge >= 0.3 is 11.9 Å². The second-order valence-electron chi connectivity index (χ2n) is 6.54. The van der Waals surface area contributed by atoms with Gasteiger partial charge < -0.3 is 23.8 Å². The van der Waals surface area contributed by atoms with E-state index in [1.54, 1.807) is 30.3 Å². The molecule has 33 heavy (non-hydrogen) atoms. The van der Waals surface area contributed by atoms with Gasteiger partial charge in [0.05, 0.1) is 43.6 Å². The van der Waals surface area contributed by atoms with E-state index in [9.17, 15) is 19.7 Å². The van der Waals surface area contributed by atoms with Crippen LogP contribution in [0.5, 0.6) is 17.2 Å². The molecule has 0 aliphatic carbocycles. The van der Waals surface area contributed by atoms with E-state index in [1.807, 2.05) is 0 Å².